The van der Waals surface area contributed by atoms with Gasteiger partial charge in [-0.3, -0.25) is 14.4 Å². The van der Waals surface area contributed by atoms with Gasteiger partial charge < -0.3 is 14.2 Å². The van der Waals surface area contributed by atoms with Crippen molar-refractivity contribution in [3.8, 4) is 0 Å². The highest BCUT2D eigenvalue weighted by Crippen LogP contribution is 2.18. The van der Waals surface area contributed by atoms with Crippen LogP contribution in [0.25, 0.3) is 0 Å². The Balaban J connectivity index is 4.38. The maximum Gasteiger partial charge on any atom is 0.306 e. The first kappa shape index (κ1) is 76.9. The van der Waals surface area contributed by atoms with Gasteiger partial charge in [-0.1, -0.05) is 325 Å². The van der Waals surface area contributed by atoms with E-state index in [1.807, 2.05) is 0 Å². The molecule has 0 N–H and O–H groups in total. The predicted molar refractivity (Wildman–Crippen MR) is 348 cm³/mol. The number of unbranched alkanes of at least 4 members (excludes halogenated alkanes) is 41. The van der Waals surface area contributed by atoms with Gasteiger partial charge in [0.15, 0.2) is 6.10 Å². The highest BCUT2D eigenvalue weighted by Gasteiger charge is 2.19. The molecule has 1 unspecified atom stereocenters. The number of esters is 3. The van der Waals surface area contributed by atoms with Crippen molar-refractivity contribution in [3.63, 3.8) is 0 Å². The number of allylic oxidation sites excluding steroid dienone is 12. The average molecular weight is 1120 g/mol. The minimum absolute atomic E-state index is 0.0829. The molecule has 0 aliphatic rings. The van der Waals surface area contributed by atoms with Crippen LogP contribution in [0.4, 0.5) is 0 Å². The molecule has 0 aliphatic carbocycles. The van der Waals surface area contributed by atoms with Crippen molar-refractivity contribution in [1.29, 1.82) is 0 Å². The molecule has 0 bridgehead atoms. The van der Waals surface area contributed by atoms with Gasteiger partial charge in [0.1, 0.15) is 13.2 Å². The van der Waals surface area contributed by atoms with Crippen LogP contribution < -0.4 is 0 Å². The van der Waals surface area contributed by atoms with Crippen LogP contribution in [0.15, 0.2) is 72.9 Å². The van der Waals surface area contributed by atoms with Crippen molar-refractivity contribution in [2.75, 3.05) is 13.2 Å². The van der Waals surface area contributed by atoms with Crippen LogP contribution in [0.2, 0.25) is 0 Å². The van der Waals surface area contributed by atoms with E-state index in [4.69, 9.17) is 14.2 Å². The number of carbonyl (C=O) groups excluding carboxylic acids is 3. The zero-order valence-electron chi connectivity index (χ0n) is 53.3. The summed E-state index contributed by atoms with van der Waals surface area (Å²) in [6.45, 7) is 6.56. The van der Waals surface area contributed by atoms with Crippen LogP contribution in [0.3, 0.4) is 0 Å². The summed E-state index contributed by atoms with van der Waals surface area (Å²) >= 11 is 0. The molecule has 6 heteroatoms. The van der Waals surface area contributed by atoms with Crippen LogP contribution >= 0.6 is 0 Å². The van der Waals surface area contributed by atoms with E-state index in [-0.39, 0.29) is 31.1 Å². The Hall–Kier alpha value is -3.15. The van der Waals surface area contributed by atoms with Gasteiger partial charge in [-0.15, -0.1) is 0 Å². The van der Waals surface area contributed by atoms with Gasteiger partial charge >= 0.3 is 17.9 Å². The van der Waals surface area contributed by atoms with Crippen molar-refractivity contribution >= 4 is 17.9 Å². The summed E-state index contributed by atoms with van der Waals surface area (Å²) in [5.41, 5.74) is 0. The van der Waals surface area contributed by atoms with Crippen LogP contribution in [0, 0.1) is 0 Å². The van der Waals surface area contributed by atoms with Gasteiger partial charge in [0.25, 0.3) is 0 Å². The third-order valence-corrected chi connectivity index (χ3v) is 15.4. The van der Waals surface area contributed by atoms with E-state index in [9.17, 15) is 14.4 Å². The zero-order chi connectivity index (χ0) is 57.8. The number of carbonyl (C=O) groups is 3. The second kappa shape index (κ2) is 68.3. The quantitative estimate of drug-likeness (QED) is 0.0261. The predicted octanol–water partition coefficient (Wildman–Crippen LogP) is 24.1. The Morgan fingerprint density at radius 1 is 0.263 bits per heavy atom. The first-order valence-electron chi connectivity index (χ1n) is 34.9. The molecule has 0 radical (unpaired) electrons. The van der Waals surface area contributed by atoms with E-state index in [0.717, 1.165) is 96.3 Å². The molecule has 464 valence electrons. The first-order chi connectivity index (χ1) is 39.5. The SMILES string of the molecule is CC/C=C\C/C=C\C/C=C\C/C=C\C/C=C\CCCCCC(=O)OCC(COC(=O)CCCCCCCCCCCCC/C=C\CCCCCCCCCC)OC(=O)CCCCCCCCCCCCCCCCCCCCCC. The van der Waals surface area contributed by atoms with E-state index >= 15 is 0 Å². The van der Waals surface area contributed by atoms with Crippen LogP contribution in [-0.4, -0.2) is 37.2 Å². The summed E-state index contributed by atoms with van der Waals surface area (Å²) in [5.74, 6) is -0.895. The third-order valence-electron chi connectivity index (χ3n) is 15.4. The maximum absolute atomic E-state index is 13.0. The minimum Gasteiger partial charge on any atom is -0.462 e. The standard InChI is InChI=1S/C74H132O6/c1-4-7-10-13-16-19-22-25-28-31-34-36-37-38-41-43-46-49-52-55-58-61-64-67-73(76)79-70-71(69-78-72(75)66-63-60-57-54-51-48-45-42-39-33-30-27-24-21-18-15-12-9-6-3)80-74(77)68-65-62-59-56-53-50-47-44-40-35-32-29-26-23-20-17-14-11-8-5-2/h9,12,18,21,27,30-31,34,39,42,48,51,71H,4-8,10-11,13-17,19-20,22-26,28-29,32-33,35-38,40-41,43-47,49-50,52-70H2,1-3H3/b12-9-,21-18-,30-27-,34-31-,42-39-,51-48-. The van der Waals surface area contributed by atoms with Crippen LogP contribution in [-0.2, 0) is 28.6 Å². The summed E-state index contributed by atoms with van der Waals surface area (Å²) in [7, 11) is 0. The molecule has 80 heavy (non-hydrogen) atoms. The second-order valence-corrected chi connectivity index (χ2v) is 23.4. The highest BCUT2D eigenvalue weighted by atomic mass is 16.6. The van der Waals surface area contributed by atoms with Gasteiger partial charge in [0.05, 0.1) is 0 Å². The lowest BCUT2D eigenvalue weighted by Crippen LogP contribution is -2.30. The zero-order valence-corrected chi connectivity index (χ0v) is 53.3. The minimum atomic E-state index is -0.790. The number of ether oxygens (including phenoxy) is 3. The molecule has 0 aromatic rings. The fourth-order valence-electron chi connectivity index (χ4n) is 10.2. The Kier molecular flexibility index (Phi) is 65.7. The number of rotatable bonds is 64. The second-order valence-electron chi connectivity index (χ2n) is 23.4. The molecule has 0 heterocycles. The molecule has 0 saturated carbocycles. The molecule has 0 aromatic heterocycles. The van der Waals surface area contributed by atoms with Crippen molar-refractivity contribution in [2.24, 2.45) is 0 Å². The highest BCUT2D eigenvalue weighted by molar-refractivity contribution is 5.71. The van der Waals surface area contributed by atoms with Crippen molar-refractivity contribution in [1.82, 2.24) is 0 Å². The topological polar surface area (TPSA) is 78.9 Å². The van der Waals surface area contributed by atoms with E-state index in [1.165, 1.54) is 225 Å². The van der Waals surface area contributed by atoms with Crippen molar-refractivity contribution in [2.45, 2.75) is 367 Å². The average Bonchev–Trinajstić information content (AvgIpc) is 3.46. The number of hydrogen-bond donors (Lipinski definition) is 0. The molecule has 1 atom stereocenters. The van der Waals surface area contributed by atoms with Gasteiger partial charge in [0.2, 0.25) is 0 Å². The lowest BCUT2D eigenvalue weighted by molar-refractivity contribution is -0.167. The molecule has 0 aromatic carbocycles. The summed E-state index contributed by atoms with van der Waals surface area (Å²) in [6.07, 6.45) is 89.2. The smallest absolute Gasteiger partial charge is 0.306 e. The molecular weight excluding hydrogens is 985 g/mol. The van der Waals surface area contributed by atoms with Crippen LogP contribution in [0.5, 0.6) is 0 Å². The fraction of sp³-hybridized carbons (Fsp3) is 0.797. The van der Waals surface area contributed by atoms with E-state index < -0.39 is 6.10 Å². The molecule has 0 spiro atoms. The molecule has 0 saturated heterocycles. The van der Waals surface area contributed by atoms with E-state index in [0.29, 0.717) is 19.3 Å². The summed E-state index contributed by atoms with van der Waals surface area (Å²) in [4.78, 5) is 38.5. The normalized spacial score (nSPS) is 12.5. The van der Waals surface area contributed by atoms with E-state index in [1.54, 1.807) is 0 Å². The molecular formula is C74H132O6. The van der Waals surface area contributed by atoms with Gasteiger partial charge in [-0.05, 0) is 89.9 Å². The monoisotopic (exact) mass is 1120 g/mol. The molecule has 0 amide bonds. The van der Waals surface area contributed by atoms with Gasteiger partial charge in [-0.25, -0.2) is 0 Å². The Labute approximate surface area is 497 Å². The molecule has 0 rings (SSSR count). The van der Waals surface area contributed by atoms with Gasteiger partial charge in [0, 0.05) is 19.3 Å². The maximum atomic E-state index is 13.0. The molecule has 6 nitrogen and oxygen atoms in total. The molecule has 0 aliphatic heterocycles. The Morgan fingerprint density at radius 3 is 0.787 bits per heavy atom. The largest absolute Gasteiger partial charge is 0.462 e. The molecule has 0 fully saturated rings. The van der Waals surface area contributed by atoms with Crippen LogP contribution in [0.1, 0.15) is 361 Å². The summed E-state index contributed by atoms with van der Waals surface area (Å²) in [5, 5.41) is 0. The summed E-state index contributed by atoms with van der Waals surface area (Å²) in [6, 6.07) is 0. The third kappa shape index (κ3) is 65.7. The van der Waals surface area contributed by atoms with Gasteiger partial charge in [-0.2, -0.15) is 0 Å². The Morgan fingerprint density at radius 2 is 0.487 bits per heavy atom. The summed E-state index contributed by atoms with van der Waals surface area (Å²) < 4.78 is 17.0. The van der Waals surface area contributed by atoms with Crippen molar-refractivity contribution < 1.29 is 28.6 Å². The lowest BCUT2D eigenvalue weighted by Gasteiger charge is -2.18. The number of hydrogen-bond acceptors (Lipinski definition) is 6. The van der Waals surface area contributed by atoms with Crippen molar-refractivity contribution in [3.05, 3.63) is 72.9 Å². The fourth-order valence-corrected chi connectivity index (χ4v) is 10.2. The first-order valence-corrected chi connectivity index (χ1v) is 34.9. The lowest BCUT2D eigenvalue weighted by atomic mass is 10.0. The van der Waals surface area contributed by atoms with E-state index in [2.05, 4.69) is 93.7 Å². The Bertz CT molecular complexity index is 1470.